The van der Waals surface area contributed by atoms with Crippen molar-refractivity contribution in [2.75, 3.05) is 7.05 Å². The first-order valence-corrected chi connectivity index (χ1v) is 8.52. The molecule has 21 heavy (non-hydrogen) atoms. The van der Waals surface area contributed by atoms with Crippen LogP contribution in [0.1, 0.15) is 43.0 Å². The number of hydrogen-bond donors (Lipinski definition) is 2. The molecule has 0 unspecified atom stereocenters. The molecule has 0 saturated heterocycles. The van der Waals surface area contributed by atoms with Crippen LogP contribution in [0, 0.1) is 5.41 Å². The van der Waals surface area contributed by atoms with E-state index in [2.05, 4.69) is 21.9 Å². The smallest absolute Gasteiger partial charge is 0.257 e. The van der Waals surface area contributed by atoms with Crippen molar-refractivity contribution >= 4 is 15.9 Å². The van der Waals surface area contributed by atoms with Gasteiger partial charge >= 0.3 is 0 Å². The fourth-order valence-electron chi connectivity index (χ4n) is 2.74. The summed E-state index contributed by atoms with van der Waals surface area (Å²) < 4.78 is 25.4. The molecular weight excluding hydrogens is 290 g/mol. The minimum absolute atomic E-state index is 0.0557. The van der Waals surface area contributed by atoms with E-state index in [1.54, 1.807) is 0 Å². The standard InChI is InChI=1S/C14H19N3O3S/c1-13(5-6-13)14(7-8-14)17-12(18)10-3-4-11(16-9-10)21(19,20)15-2/h3-4,9,15H,5-8H2,1-2H3,(H,17,18). The second-order valence-corrected chi connectivity index (χ2v) is 8.02. The molecule has 0 aromatic carbocycles. The van der Waals surface area contributed by atoms with Gasteiger partial charge in [-0.05, 0) is 50.3 Å². The van der Waals surface area contributed by atoms with Crippen molar-refractivity contribution in [1.29, 1.82) is 0 Å². The summed E-state index contributed by atoms with van der Waals surface area (Å²) >= 11 is 0. The molecule has 3 rings (SSSR count). The van der Waals surface area contributed by atoms with Crippen LogP contribution >= 0.6 is 0 Å². The predicted octanol–water partition coefficient (Wildman–Crippen LogP) is 1.05. The van der Waals surface area contributed by atoms with Crippen molar-refractivity contribution in [3.8, 4) is 0 Å². The maximum atomic E-state index is 12.3. The van der Waals surface area contributed by atoms with Crippen LogP contribution in [-0.2, 0) is 10.0 Å². The minimum atomic E-state index is -3.57. The van der Waals surface area contributed by atoms with Crippen molar-refractivity contribution < 1.29 is 13.2 Å². The zero-order chi connectivity index (χ0) is 15.3. The number of amides is 1. The van der Waals surface area contributed by atoms with Crippen molar-refractivity contribution in [1.82, 2.24) is 15.0 Å². The normalized spacial score (nSPS) is 21.6. The van der Waals surface area contributed by atoms with Crippen LogP contribution in [0.5, 0.6) is 0 Å². The number of hydrogen-bond acceptors (Lipinski definition) is 4. The van der Waals surface area contributed by atoms with E-state index in [9.17, 15) is 13.2 Å². The summed E-state index contributed by atoms with van der Waals surface area (Å²) in [5, 5.41) is 3.03. The van der Waals surface area contributed by atoms with Gasteiger partial charge in [-0.1, -0.05) is 6.92 Å². The third kappa shape index (κ3) is 2.44. The van der Waals surface area contributed by atoms with Gasteiger partial charge in [0.25, 0.3) is 15.9 Å². The van der Waals surface area contributed by atoms with Gasteiger partial charge < -0.3 is 5.32 Å². The maximum Gasteiger partial charge on any atom is 0.257 e. The van der Waals surface area contributed by atoms with E-state index in [1.165, 1.54) is 25.4 Å². The Bertz CT molecular complexity index is 674. The van der Waals surface area contributed by atoms with Gasteiger partial charge in [-0.25, -0.2) is 18.1 Å². The molecule has 0 spiro atoms. The third-order valence-electron chi connectivity index (χ3n) is 4.80. The van der Waals surface area contributed by atoms with Gasteiger partial charge in [-0.3, -0.25) is 4.79 Å². The molecule has 0 atom stereocenters. The van der Waals surface area contributed by atoms with Crippen LogP contribution in [0.15, 0.2) is 23.4 Å². The zero-order valence-corrected chi connectivity index (χ0v) is 13.0. The SMILES string of the molecule is CNS(=O)(=O)c1ccc(C(=O)NC2(C3(C)CC3)CC2)cn1. The van der Waals surface area contributed by atoms with Crippen molar-refractivity contribution in [3.05, 3.63) is 23.9 Å². The van der Waals surface area contributed by atoms with Gasteiger partial charge in [-0.15, -0.1) is 0 Å². The number of rotatable bonds is 5. The van der Waals surface area contributed by atoms with E-state index in [4.69, 9.17) is 0 Å². The summed E-state index contributed by atoms with van der Waals surface area (Å²) in [4.78, 5) is 16.1. The van der Waals surface area contributed by atoms with E-state index in [-0.39, 0.29) is 21.9 Å². The summed E-state index contributed by atoms with van der Waals surface area (Å²) in [6.45, 7) is 2.21. The highest BCUT2D eigenvalue weighted by Crippen LogP contribution is 2.63. The fraction of sp³-hybridized carbons (Fsp3) is 0.571. The number of sulfonamides is 1. The molecule has 2 fully saturated rings. The Morgan fingerprint density at radius 3 is 2.33 bits per heavy atom. The molecule has 2 saturated carbocycles. The second-order valence-electron chi connectivity index (χ2n) is 6.19. The molecule has 2 aliphatic rings. The molecular formula is C14H19N3O3S. The van der Waals surface area contributed by atoms with Gasteiger partial charge in [0.1, 0.15) is 0 Å². The number of carbonyl (C=O) groups excluding carboxylic acids is 1. The average molecular weight is 309 g/mol. The van der Waals surface area contributed by atoms with E-state index in [0.717, 1.165) is 25.7 Å². The predicted molar refractivity (Wildman–Crippen MR) is 77.3 cm³/mol. The molecule has 1 amide bonds. The van der Waals surface area contributed by atoms with E-state index in [0.29, 0.717) is 5.56 Å². The van der Waals surface area contributed by atoms with Crippen molar-refractivity contribution in [3.63, 3.8) is 0 Å². The van der Waals surface area contributed by atoms with E-state index in [1.807, 2.05) is 0 Å². The largest absolute Gasteiger partial charge is 0.346 e. The van der Waals surface area contributed by atoms with Crippen molar-refractivity contribution in [2.45, 2.75) is 43.2 Å². The van der Waals surface area contributed by atoms with Crippen LogP contribution in [0.25, 0.3) is 0 Å². The molecule has 7 heteroatoms. The molecule has 0 bridgehead atoms. The van der Waals surface area contributed by atoms with Gasteiger partial charge in [0.2, 0.25) is 0 Å². The molecule has 1 aromatic rings. The minimum Gasteiger partial charge on any atom is -0.346 e. The highest BCUT2D eigenvalue weighted by Gasteiger charge is 2.63. The Morgan fingerprint density at radius 1 is 1.24 bits per heavy atom. The lowest BCUT2D eigenvalue weighted by Crippen LogP contribution is -2.42. The first-order chi connectivity index (χ1) is 9.82. The summed E-state index contributed by atoms with van der Waals surface area (Å²) in [7, 11) is -2.25. The monoisotopic (exact) mass is 309 g/mol. The van der Waals surface area contributed by atoms with Gasteiger partial charge in [-0.2, -0.15) is 0 Å². The highest BCUT2D eigenvalue weighted by molar-refractivity contribution is 7.89. The topological polar surface area (TPSA) is 88.2 Å². The fourth-order valence-corrected chi connectivity index (χ4v) is 3.39. The Hall–Kier alpha value is -1.47. The van der Waals surface area contributed by atoms with Crippen LogP contribution in [0.3, 0.4) is 0 Å². The second kappa shape index (κ2) is 4.51. The highest BCUT2D eigenvalue weighted by atomic mass is 32.2. The average Bonchev–Trinajstić information content (AvgIpc) is 3.38. The zero-order valence-electron chi connectivity index (χ0n) is 12.1. The van der Waals surface area contributed by atoms with Crippen LogP contribution in [-0.4, -0.2) is 31.9 Å². The lowest BCUT2D eigenvalue weighted by molar-refractivity contribution is 0.0909. The third-order valence-corrected chi connectivity index (χ3v) is 6.13. The summed E-state index contributed by atoms with van der Waals surface area (Å²) in [5.74, 6) is -0.179. The molecule has 1 aromatic heterocycles. The molecule has 2 aliphatic carbocycles. The van der Waals surface area contributed by atoms with Gasteiger partial charge in [0, 0.05) is 11.7 Å². The Kier molecular flexibility index (Phi) is 3.11. The lowest BCUT2D eigenvalue weighted by Gasteiger charge is -2.24. The molecule has 114 valence electrons. The number of carbonyl (C=O) groups is 1. The number of aromatic nitrogens is 1. The molecule has 0 aliphatic heterocycles. The molecule has 6 nitrogen and oxygen atoms in total. The van der Waals surface area contributed by atoms with Crippen LogP contribution in [0.2, 0.25) is 0 Å². The van der Waals surface area contributed by atoms with E-state index >= 15 is 0 Å². The first-order valence-electron chi connectivity index (χ1n) is 7.04. The number of pyridine rings is 1. The quantitative estimate of drug-likeness (QED) is 0.851. The van der Waals surface area contributed by atoms with Crippen molar-refractivity contribution in [2.24, 2.45) is 5.41 Å². The van der Waals surface area contributed by atoms with Crippen LogP contribution < -0.4 is 10.0 Å². The summed E-state index contributed by atoms with van der Waals surface area (Å²) in [6, 6.07) is 2.84. The molecule has 2 N–H and O–H groups in total. The maximum absolute atomic E-state index is 12.3. The lowest BCUT2D eigenvalue weighted by atomic mass is 9.96. The van der Waals surface area contributed by atoms with Gasteiger partial charge in [0.05, 0.1) is 5.56 Å². The van der Waals surface area contributed by atoms with Crippen LogP contribution in [0.4, 0.5) is 0 Å². The first kappa shape index (κ1) is 14.5. The molecule has 0 radical (unpaired) electrons. The summed E-state index contributed by atoms with van der Waals surface area (Å²) in [5.41, 5.74) is 0.575. The van der Waals surface area contributed by atoms with E-state index < -0.39 is 10.0 Å². The Morgan fingerprint density at radius 2 is 1.90 bits per heavy atom. The number of nitrogens with one attached hydrogen (secondary N) is 2. The molecule has 1 heterocycles. The Balaban J connectivity index is 1.74. The number of nitrogens with zero attached hydrogens (tertiary/aromatic N) is 1. The Labute approximate surface area is 124 Å². The van der Waals surface area contributed by atoms with Gasteiger partial charge in [0.15, 0.2) is 5.03 Å². The summed E-state index contributed by atoms with van der Waals surface area (Å²) in [6.07, 6.45) is 5.67.